The van der Waals surface area contributed by atoms with Gasteiger partial charge in [-0.1, -0.05) is 36.2 Å². The molecule has 0 radical (unpaired) electrons. The molecular formula is C26H22ClN5O. The monoisotopic (exact) mass is 455 g/mol. The first kappa shape index (κ1) is 21.2. The summed E-state index contributed by atoms with van der Waals surface area (Å²) in [6, 6.07) is 13.5. The van der Waals surface area contributed by atoms with Gasteiger partial charge < -0.3 is 4.74 Å². The van der Waals surface area contributed by atoms with Crippen molar-refractivity contribution in [3.63, 3.8) is 0 Å². The molecule has 1 saturated carbocycles. The second-order valence-electron chi connectivity index (χ2n) is 8.25. The second-order valence-corrected chi connectivity index (χ2v) is 8.69. The van der Waals surface area contributed by atoms with Gasteiger partial charge in [-0.3, -0.25) is 4.57 Å². The summed E-state index contributed by atoms with van der Waals surface area (Å²) in [6.07, 6.45) is 10.9. The van der Waals surface area contributed by atoms with Crippen molar-refractivity contribution in [2.24, 2.45) is 5.92 Å². The Balaban J connectivity index is 1.55. The highest BCUT2D eigenvalue weighted by atomic mass is 35.5. The van der Waals surface area contributed by atoms with Crippen molar-refractivity contribution in [1.82, 2.24) is 19.5 Å². The van der Waals surface area contributed by atoms with Crippen molar-refractivity contribution in [3.8, 4) is 17.6 Å². The van der Waals surface area contributed by atoms with E-state index < -0.39 is 0 Å². The van der Waals surface area contributed by atoms with Crippen LogP contribution in [0.2, 0.25) is 5.02 Å². The predicted molar refractivity (Wildman–Crippen MR) is 129 cm³/mol. The average molecular weight is 456 g/mol. The summed E-state index contributed by atoms with van der Waals surface area (Å²) in [5.41, 5.74) is 3.89. The summed E-state index contributed by atoms with van der Waals surface area (Å²) >= 11 is 6.16. The minimum Gasteiger partial charge on any atom is -0.492 e. The van der Waals surface area contributed by atoms with Gasteiger partial charge in [0, 0.05) is 18.0 Å². The SMILES string of the molecule is Cc1cccc(C=Cc2nc3cc(Cl)cnc3n2-c2ccc(C#N)cn2)c1OCC1CCC1. The van der Waals surface area contributed by atoms with Crippen molar-refractivity contribution in [1.29, 1.82) is 5.26 Å². The van der Waals surface area contributed by atoms with E-state index in [1.165, 1.54) is 25.5 Å². The summed E-state index contributed by atoms with van der Waals surface area (Å²) in [5, 5.41) is 9.63. The summed E-state index contributed by atoms with van der Waals surface area (Å²) in [4.78, 5) is 13.7. The van der Waals surface area contributed by atoms with Gasteiger partial charge in [-0.15, -0.1) is 0 Å². The van der Waals surface area contributed by atoms with E-state index in [-0.39, 0.29) is 0 Å². The molecule has 164 valence electrons. The summed E-state index contributed by atoms with van der Waals surface area (Å²) < 4.78 is 8.08. The van der Waals surface area contributed by atoms with Crippen LogP contribution in [-0.2, 0) is 0 Å². The molecule has 0 unspecified atom stereocenters. The van der Waals surface area contributed by atoms with Crippen molar-refractivity contribution in [2.45, 2.75) is 26.2 Å². The number of nitrogens with zero attached hydrogens (tertiary/aromatic N) is 5. The highest BCUT2D eigenvalue weighted by Crippen LogP contribution is 2.31. The number of ether oxygens (including phenoxy) is 1. The molecule has 1 aliphatic rings. The van der Waals surface area contributed by atoms with E-state index in [1.54, 1.807) is 24.4 Å². The molecule has 7 heteroatoms. The number of fused-ring (bicyclic) bond motifs is 1. The number of halogens is 1. The molecule has 4 aromatic rings. The molecule has 0 bridgehead atoms. The summed E-state index contributed by atoms with van der Waals surface area (Å²) in [5.74, 6) is 2.84. The minimum atomic E-state index is 0.490. The topological polar surface area (TPSA) is 76.6 Å². The quantitative estimate of drug-likeness (QED) is 0.356. The van der Waals surface area contributed by atoms with Gasteiger partial charge in [0.05, 0.1) is 17.2 Å². The number of nitriles is 1. The third-order valence-corrected chi connectivity index (χ3v) is 6.14. The van der Waals surface area contributed by atoms with E-state index >= 15 is 0 Å². The molecule has 1 aliphatic carbocycles. The molecule has 1 fully saturated rings. The summed E-state index contributed by atoms with van der Waals surface area (Å²) in [7, 11) is 0. The van der Waals surface area contributed by atoms with Crippen molar-refractivity contribution in [3.05, 3.63) is 76.3 Å². The number of aromatic nitrogens is 4. The maximum atomic E-state index is 9.11. The number of hydrogen-bond acceptors (Lipinski definition) is 5. The molecule has 0 N–H and O–H groups in total. The van der Waals surface area contributed by atoms with E-state index in [2.05, 4.69) is 29.0 Å². The molecule has 33 heavy (non-hydrogen) atoms. The number of para-hydroxylation sites is 1. The van der Waals surface area contributed by atoms with Crippen molar-refractivity contribution >= 4 is 34.9 Å². The van der Waals surface area contributed by atoms with Gasteiger partial charge in [-0.05, 0) is 61.6 Å². The maximum absolute atomic E-state index is 9.11. The van der Waals surface area contributed by atoms with Gasteiger partial charge in [-0.2, -0.15) is 5.26 Å². The van der Waals surface area contributed by atoms with E-state index in [9.17, 15) is 0 Å². The maximum Gasteiger partial charge on any atom is 0.166 e. The Morgan fingerprint density at radius 3 is 2.79 bits per heavy atom. The first-order valence-electron chi connectivity index (χ1n) is 10.9. The lowest BCUT2D eigenvalue weighted by Crippen LogP contribution is -2.19. The zero-order valence-electron chi connectivity index (χ0n) is 18.2. The normalized spacial score (nSPS) is 13.8. The molecule has 5 rings (SSSR count). The lowest BCUT2D eigenvalue weighted by molar-refractivity contribution is 0.179. The number of benzene rings is 1. The number of hydrogen-bond donors (Lipinski definition) is 0. The van der Waals surface area contributed by atoms with Gasteiger partial charge in [0.1, 0.15) is 29.0 Å². The van der Waals surface area contributed by atoms with Crippen LogP contribution < -0.4 is 4.74 Å². The standard InChI is InChI=1S/C26H22ClN5O/c1-17-4-2-7-20(25(17)33-16-18-5-3-6-18)9-11-24-31-22-12-21(27)15-30-26(22)32(24)23-10-8-19(13-28)14-29-23/h2,4,7-12,14-15,18H,3,5-6,16H2,1H3. The van der Waals surface area contributed by atoms with Crippen molar-refractivity contribution in [2.75, 3.05) is 6.61 Å². The van der Waals surface area contributed by atoms with Crippen molar-refractivity contribution < 1.29 is 4.74 Å². The molecule has 1 aromatic carbocycles. The largest absolute Gasteiger partial charge is 0.492 e. The van der Waals surface area contributed by atoms with Crippen LogP contribution in [0, 0.1) is 24.2 Å². The Bertz CT molecular complexity index is 1380. The Kier molecular flexibility index (Phi) is 5.80. The molecule has 6 nitrogen and oxygen atoms in total. The molecule has 0 atom stereocenters. The van der Waals surface area contributed by atoms with Gasteiger partial charge >= 0.3 is 0 Å². The lowest BCUT2D eigenvalue weighted by Gasteiger charge is -2.26. The smallest absolute Gasteiger partial charge is 0.166 e. The zero-order chi connectivity index (χ0) is 22.8. The van der Waals surface area contributed by atoms with Crippen LogP contribution in [0.5, 0.6) is 5.75 Å². The Labute approximate surface area is 197 Å². The summed E-state index contributed by atoms with van der Waals surface area (Å²) in [6.45, 7) is 2.82. The van der Waals surface area contributed by atoms with E-state index in [0.29, 0.717) is 39.3 Å². The zero-order valence-corrected chi connectivity index (χ0v) is 19.0. The van der Waals surface area contributed by atoms with Crippen LogP contribution in [-0.4, -0.2) is 26.1 Å². The fourth-order valence-corrected chi connectivity index (χ4v) is 4.06. The minimum absolute atomic E-state index is 0.490. The van der Waals surface area contributed by atoms with Crippen LogP contribution in [0.4, 0.5) is 0 Å². The molecule has 0 saturated heterocycles. The van der Waals surface area contributed by atoms with Gasteiger partial charge in [0.25, 0.3) is 0 Å². The molecule has 3 aromatic heterocycles. The third kappa shape index (κ3) is 4.33. The molecular weight excluding hydrogens is 434 g/mol. The average Bonchev–Trinajstić information content (AvgIpc) is 3.15. The van der Waals surface area contributed by atoms with Crippen LogP contribution in [0.15, 0.2) is 48.8 Å². The van der Waals surface area contributed by atoms with E-state index in [0.717, 1.165) is 23.5 Å². The van der Waals surface area contributed by atoms with Crippen LogP contribution in [0.25, 0.3) is 29.1 Å². The fourth-order valence-electron chi connectivity index (χ4n) is 3.91. The Morgan fingerprint density at radius 1 is 1.18 bits per heavy atom. The molecule has 0 aliphatic heterocycles. The first-order valence-corrected chi connectivity index (χ1v) is 11.3. The fraction of sp³-hybridized carbons (Fsp3) is 0.231. The van der Waals surface area contributed by atoms with Gasteiger partial charge in [0.15, 0.2) is 5.65 Å². The molecule has 3 heterocycles. The van der Waals surface area contributed by atoms with Crippen LogP contribution in [0.3, 0.4) is 0 Å². The third-order valence-electron chi connectivity index (χ3n) is 5.94. The predicted octanol–water partition coefficient (Wildman–Crippen LogP) is 6.00. The first-order chi connectivity index (χ1) is 16.1. The van der Waals surface area contributed by atoms with E-state index in [4.69, 9.17) is 26.6 Å². The lowest BCUT2D eigenvalue weighted by atomic mass is 9.86. The number of rotatable bonds is 6. The van der Waals surface area contributed by atoms with Gasteiger partial charge in [-0.25, -0.2) is 15.0 Å². The van der Waals surface area contributed by atoms with Gasteiger partial charge in [0.2, 0.25) is 0 Å². The Morgan fingerprint density at radius 2 is 2.06 bits per heavy atom. The second kappa shape index (κ2) is 9.05. The highest BCUT2D eigenvalue weighted by Gasteiger charge is 2.19. The Hall–Kier alpha value is -3.69. The van der Waals surface area contributed by atoms with E-state index in [1.807, 2.05) is 28.9 Å². The number of aryl methyl sites for hydroxylation is 1. The highest BCUT2D eigenvalue weighted by molar-refractivity contribution is 6.31. The van der Waals surface area contributed by atoms with Crippen LogP contribution >= 0.6 is 11.6 Å². The molecule has 0 spiro atoms. The molecule has 0 amide bonds. The number of imidazole rings is 1. The number of pyridine rings is 2. The van der Waals surface area contributed by atoms with Crippen LogP contribution in [0.1, 0.15) is 41.8 Å².